The lowest BCUT2D eigenvalue weighted by Gasteiger charge is -2.04. The van der Waals surface area contributed by atoms with Gasteiger partial charge >= 0.3 is 0 Å². The third-order valence-electron chi connectivity index (χ3n) is 8.12. The van der Waals surface area contributed by atoms with Crippen LogP contribution in [0.3, 0.4) is 0 Å². The number of H-pyrrole nitrogens is 2. The molecule has 2 aliphatic heterocycles. The first-order chi connectivity index (χ1) is 22.7. The molecule has 9 rings (SSSR count). The summed E-state index contributed by atoms with van der Waals surface area (Å²) < 4.78 is 2.14. The van der Waals surface area contributed by atoms with E-state index in [0.29, 0.717) is 0 Å². The first-order valence-corrected chi connectivity index (χ1v) is 16.7. The van der Waals surface area contributed by atoms with Crippen LogP contribution >= 0.6 is 23.1 Å². The normalized spacial score (nSPS) is 12.3. The highest BCUT2D eigenvalue weighted by molar-refractivity contribution is 8.01. The quantitative estimate of drug-likeness (QED) is 0.204. The molecule has 5 nitrogen and oxygen atoms in total. The molecule has 0 unspecified atom stereocenters. The van der Waals surface area contributed by atoms with Crippen molar-refractivity contribution >= 4 is 79.7 Å². The fraction of sp³-hybridized carbons (Fsp3) is 0. The predicted octanol–water partition coefficient (Wildman–Crippen LogP) is 10.8. The molecule has 0 amide bonds. The third kappa shape index (κ3) is 4.86. The second-order valence-electron chi connectivity index (χ2n) is 11.1. The molecule has 0 aliphatic carbocycles. The van der Waals surface area contributed by atoms with Crippen LogP contribution in [0.25, 0.3) is 78.8 Å². The lowest BCUT2D eigenvalue weighted by Crippen LogP contribution is -1.87. The van der Waals surface area contributed by atoms with E-state index in [1.165, 1.54) is 4.70 Å². The molecule has 7 aromatic rings. The summed E-state index contributed by atoms with van der Waals surface area (Å²) in [7, 11) is 0. The first kappa shape index (κ1) is 26.9. The summed E-state index contributed by atoms with van der Waals surface area (Å²) in [4.78, 5) is 23.8. The molecule has 218 valence electrons. The van der Waals surface area contributed by atoms with Gasteiger partial charge in [0, 0.05) is 27.7 Å². The van der Waals surface area contributed by atoms with E-state index < -0.39 is 0 Å². The Balaban J connectivity index is 1.39. The molecule has 0 saturated carbocycles. The van der Waals surface area contributed by atoms with Gasteiger partial charge in [-0.2, -0.15) is 0 Å². The van der Waals surface area contributed by atoms with E-state index in [0.717, 1.165) is 81.8 Å². The van der Waals surface area contributed by atoms with Crippen LogP contribution in [0.15, 0.2) is 124 Å². The number of aromatic nitrogens is 5. The van der Waals surface area contributed by atoms with Crippen molar-refractivity contribution in [2.75, 3.05) is 0 Å². The fourth-order valence-corrected chi connectivity index (χ4v) is 8.17. The summed E-state index contributed by atoms with van der Waals surface area (Å²) in [5.41, 5.74) is 12.8. The Morgan fingerprint density at radius 1 is 0.522 bits per heavy atom. The van der Waals surface area contributed by atoms with E-state index in [9.17, 15) is 0 Å². The topological polar surface area (TPSA) is 70.2 Å². The molecular formula is C39H25N5S2. The molecule has 0 spiro atoms. The van der Waals surface area contributed by atoms with Crippen molar-refractivity contribution in [1.82, 2.24) is 24.9 Å². The molecule has 46 heavy (non-hydrogen) atoms. The Morgan fingerprint density at radius 2 is 1.15 bits per heavy atom. The summed E-state index contributed by atoms with van der Waals surface area (Å²) >= 11 is 3.35. The molecule has 4 aromatic heterocycles. The first-order valence-electron chi connectivity index (χ1n) is 15.0. The Kier molecular flexibility index (Phi) is 6.51. The van der Waals surface area contributed by atoms with Crippen LogP contribution in [0.5, 0.6) is 0 Å². The van der Waals surface area contributed by atoms with Gasteiger partial charge in [0.15, 0.2) is 4.34 Å². The molecule has 0 saturated heterocycles. The van der Waals surface area contributed by atoms with E-state index >= 15 is 0 Å². The smallest absolute Gasteiger partial charge is 0.156 e. The standard InChI is InChI=1S/C39H25N5S2/c1-3-9-24(10-4-1)36-29-17-15-26(40-29)23-27-16-18-30(41-27)37(25-11-5-2-6-12-25)32-20-22-34(43-32)38(33-21-19-31(36)42-33)46-39-44-28-13-7-8-14-35(28)45-39/h1-23,40,43H. The molecule has 2 aliphatic rings. The minimum atomic E-state index is 0.890. The largest absolute Gasteiger partial charge is 0.355 e. The molecular weight excluding hydrogens is 603 g/mol. The number of benzene rings is 3. The number of aromatic amines is 2. The van der Waals surface area contributed by atoms with Crippen molar-refractivity contribution < 1.29 is 0 Å². The molecule has 6 heterocycles. The summed E-state index contributed by atoms with van der Waals surface area (Å²) in [6, 6.07) is 39.8. The van der Waals surface area contributed by atoms with Crippen LogP contribution in [0.4, 0.5) is 0 Å². The highest BCUT2D eigenvalue weighted by atomic mass is 32.2. The van der Waals surface area contributed by atoms with Gasteiger partial charge in [-0.15, -0.1) is 11.3 Å². The maximum absolute atomic E-state index is 5.30. The molecule has 0 radical (unpaired) electrons. The number of para-hydroxylation sites is 1. The van der Waals surface area contributed by atoms with Gasteiger partial charge in [0.1, 0.15) is 0 Å². The lowest BCUT2D eigenvalue weighted by atomic mass is 10.0. The fourth-order valence-electron chi connectivity index (χ4n) is 6.02. The van der Waals surface area contributed by atoms with Crippen LogP contribution in [-0.4, -0.2) is 24.9 Å². The van der Waals surface area contributed by atoms with Gasteiger partial charge in [-0.3, -0.25) is 0 Å². The Bertz CT molecular complexity index is 2430. The van der Waals surface area contributed by atoms with E-state index in [4.69, 9.17) is 15.0 Å². The number of nitrogens with one attached hydrogen (secondary N) is 2. The van der Waals surface area contributed by atoms with Gasteiger partial charge < -0.3 is 9.97 Å². The molecule has 2 N–H and O–H groups in total. The summed E-state index contributed by atoms with van der Waals surface area (Å²) in [6.07, 6.45) is 8.42. The van der Waals surface area contributed by atoms with Crippen LogP contribution in [0.2, 0.25) is 0 Å². The molecule has 0 atom stereocenters. The van der Waals surface area contributed by atoms with Gasteiger partial charge in [0.2, 0.25) is 0 Å². The monoisotopic (exact) mass is 627 g/mol. The van der Waals surface area contributed by atoms with Gasteiger partial charge in [-0.1, -0.05) is 84.6 Å². The third-order valence-corrected chi connectivity index (χ3v) is 10.3. The van der Waals surface area contributed by atoms with Crippen LogP contribution in [0.1, 0.15) is 22.8 Å². The Labute approximate surface area is 273 Å². The maximum Gasteiger partial charge on any atom is 0.156 e. The highest BCUT2D eigenvalue weighted by Gasteiger charge is 2.17. The van der Waals surface area contributed by atoms with Crippen molar-refractivity contribution in [2.24, 2.45) is 0 Å². The van der Waals surface area contributed by atoms with Crippen LogP contribution in [-0.2, 0) is 0 Å². The van der Waals surface area contributed by atoms with Crippen molar-refractivity contribution in [1.29, 1.82) is 0 Å². The number of nitrogens with zero attached hydrogens (tertiary/aromatic N) is 3. The molecule has 8 bridgehead atoms. The van der Waals surface area contributed by atoms with Crippen molar-refractivity contribution in [3.8, 4) is 22.3 Å². The van der Waals surface area contributed by atoms with Gasteiger partial charge in [0.05, 0.1) is 43.4 Å². The molecule has 7 heteroatoms. The van der Waals surface area contributed by atoms with E-state index in [2.05, 4.69) is 131 Å². The second-order valence-corrected chi connectivity index (χ2v) is 13.4. The molecule has 3 aromatic carbocycles. The van der Waals surface area contributed by atoms with Crippen molar-refractivity contribution in [3.05, 3.63) is 138 Å². The SMILES string of the molecule is C1=Cc2nc1cc1ccc([nH]1)c(-c1ccccc1)c1nc(c(Sc3nc4ccccc4s3)c3ccc([nH]3)c2-c2ccccc2)C=C1. The Morgan fingerprint density at radius 3 is 1.93 bits per heavy atom. The lowest BCUT2D eigenvalue weighted by molar-refractivity contribution is 1.23. The van der Waals surface area contributed by atoms with E-state index in [1.54, 1.807) is 23.1 Å². The zero-order valence-electron chi connectivity index (χ0n) is 24.4. The average Bonchev–Trinajstić information content (AvgIpc) is 3.93. The Hall–Kier alpha value is -5.50. The van der Waals surface area contributed by atoms with Crippen LogP contribution in [0, 0.1) is 0 Å². The predicted molar refractivity (Wildman–Crippen MR) is 193 cm³/mol. The van der Waals surface area contributed by atoms with Crippen LogP contribution < -0.4 is 0 Å². The number of rotatable bonds is 4. The molecule has 0 fully saturated rings. The van der Waals surface area contributed by atoms with Crippen molar-refractivity contribution in [3.63, 3.8) is 0 Å². The summed E-state index contributed by atoms with van der Waals surface area (Å²) in [5, 5.41) is 0. The number of hydrogen-bond acceptors (Lipinski definition) is 5. The number of fused-ring (bicyclic) bond motifs is 9. The maximum atomic E-state index is 5.30. The minimum absolute atomic E-state index is 0.890. The van der Waals surface area contributed by atoms with Crippen molar-refractivity contribution in [2.45, 2.75) is 9.24 Å². The van der Waals surface area contributed by atoms with Gasteiger partial charge in [0.25, 0.3) is 0 Å². The zero-order chi connectivity index (χ0) is 30.5. The number of thiazole rings is 1. The summed E-state index contributed by atoms with van der Waals surface area (Å²) in [5.74, 6) is 0. The average molecular weight is 628 g/mol. The highest BCUT2D eigenvalue weighted by Crippen LogP contribution is 2.40. The second kappa shape index (κ2) is 11.1. The van der Waals surface area contributed by atoms with E-state index in [1.807, 2.05) is 18.2 Å². The van der Waals surface area contributed by atoms with Gasteiger partial charge in [-0.05, 0) is 77.9 Å². The zero-order valence-corrected chi connectivity index (χ0v) is 26.1. The number of hydrogen-bond donors (Lipinski definition) is 2. The summed E-state index contributed by atoms with van der Waals surface area (Å²) in [6.45, 7) is 0. The minimum Gasteiger partial charge on any atom is -0.355 e. The van der Waals surface area contributed by atoms with E-state index in [-0.39, 0.29) is 0 Å². The van der Waals surface area contributed by atoms with Gasteiger partial charge in [-0.25, -0.2) is 15.0 Å².